The van der Waals surface area contributed by atoms with Gasteiger partial charge in [-0.05, 0) is 29.6 Å². The second-order valence-corrected chi connectivity index (χ2v) is 6.64. The number of nitro groups is 1. The molecular weight excluding hydrogens is 396 g/mol. The van der Waals surface area contributed by atoms with Crippen molar-refractivity contribution in [3.05, 3.63) is 92.2 Å². The third-order valence-corrected chi connectivity index (χ3v) is 4.64. The van der Waals surface area contributed by atoms with Crippen LogP contribution >= 0.6 is 11.3 Å². The third kappa shape index (κ3) is 4.82. The molecule has 0 saturated heterocycles. The van der Waals surface area contributed by atoms with Gasteiger partial charge in [0.2, 0.25) is 0 Å². The van der Waals surface area contributed by atoms with E-state index in [-0.39, 0.29) is 28.4 Å². The molecule has 10 heteroatoms. The molecule has 146 valence electrons. The van der Waals surface area contributed by atoms with E-state index in [9.17, 15) is 24.5 Å². The zero-order valence-electron chi connectivity index (χ0n) is 14.7. The molecule has 29 heavy (non-hydrogen) atoms. The predicted molar refractivity (Wildman–Crippen MR) is 107 cm³/mol. The number of anilines is 1. The van der Waals surface area contributed by atoms with Gasteiger partial charge in [-0.2, -0.15) is 0 Å². The average Bonchev–Trinajstić information content (AvgIpc) is 3.27. The summed E-state index contributed by atoms with van der Waals surface area (Å²) < 4.78 is 0. The lowest BCUT2D eigenvalue weighted by molar-refractivity contribution is -0.384. The van der Waals surface area contributed by atoms with E-state index in [1.54, 1.807) is 35.7 Å². The van der Waals surface area contributed by atoms with Crippen LogP contribution in [0.3, 0.4) is 0 Å². The molecule has 0 aliphatic rings. The maximum absolute atomic E-state index is 12.5. The molecule has 0 spiro atoms. The SMILES string of the molecule is O=C(NNC(=O)c1ccccc1NC(=O)c1cccs1)c1cccc([N+](=O)[O-])c1. The smallest absolute Gasteiger partial charge is 0.271 e. The van der Waals surface area contributed by atoms with Crippen molar-refractivity contribution in [3.63, 3.8) is 0 Å². The number of rotatable bonds is 5. The second-order valence-electron chi connectivity index (χ2n) is 5.69. The van der Waals surface area contributed by atoms with Crippen LogP contribution in [0.1, 0.15) is 30.4 Å². The molecule has 9 nitrogen and oxygen atoms in total. The standard InChI is InChI=1S/C19H14N4O5S/c24-17(12-5-3-6-13(11-12)23(27)28)21-22-18(25)14-7-1-2-8-15(14)20-19(26)16-9-4-10-29-16/h1-11H,(H,20,26)(H,21,24)(H,22,25). The fourth-order valence-electron chi connectivity index (χ4n) is 2.40. The van der Waals surface area contributed by atoms with E-state index in [0.29, 0.717) is 4.88 Å². The molecule has 0 saturated carbocycles. The van der Waals surface area contributed by atoms with E-state index in [1.807, 2.05) is 0 Å². The van der Waals surface area contributed by atoms with Gasteiger partial charge >= 0.3 is 0 Å². The van der Waals surface area contributed by atoms with E-state index in [4.69, 9.17) is 0 Å². The number of thiophene rings is 1. The summed E-state index contributed by atoms with van der Waals surface area (Å²) in [5.74, 6) is -1.74. The molecule has 0 bridgehead atoms. The van der Waals surface area contributed by atoms with Crippen LogP contribution in [0.25, 0.3) is 0 Å². The Kier molecular flexibility index (Phi) is 5.95. The van der Waals surface area contributed by atoms with Gasteiger partial charge in [-0.3, -0.25) is 35.3 Å². The molecule has 2 aromatic carbocycles. The molecule has 0 unspecified atom stereocenters. The van der Waals surface area contributed by atoms with Crippen LogP contribution in [0.5, 0.6) is 0 Å². The topological polar surface area (TPSA) is 130 Å². The monoisotopic (exact) mass is 410 g/mol. The Hall–Kier alpha value is -4.05. The number of nitrogens with zero attached hydrogens (tertiary/aromatic N) is 1. The first-order valence-corrected chi connectivity index (χ1v) is 9.12. The largest absolute Gasteiger partial charge is 0.321 e. The lowest BCUT2D eigenvalue weighted by Crippen LogP contribution is -2.41. The van der Waals surface area contributed by atoms with Crippen molar-refractivity contribution in [2.24, 2.45) is 0 Å². The number of amides is 3. The quantitative estimate of drug-likeness (QED) is 0.440. The van der Waals surface area contributed by atoms with Crippen molar-refractivity contribution in [2.75, 3.05) is 5.32 Å². The number of hydrogen-bond donors (Lipinski definition) is 3. The number of carbonyl (C=O) groups is 3. The molecule has 0 atom stereocenters. The molecule has 0 aliphatic carbocycles. The highest BCUT2D eigenvalue weighted by Crippen LogP contribution is 2.18. The summed E-state index contributed by atoms with van der Waals surface area (Å²) in [6.07, 6.45) is 0. The molecule has 1 aromatic heterocycles. The molecular formula is C19H14N4O5S. The summed E-state index contributed by atoms with van der Waals surface area (Å²) in [7, 11) is 0. The summed E-state index contributed by atoms with van der Waals surface area (Å²) in [5.41, 5.74) is 4.61. The Morgan fingerprint density at radius 1 is 0.862 bits per heavy atom. The van der Waals surface area contributed by atoms with E-state index >= 15 is 0 Å². The van der Waals surface area contributed by atoms with Gasteiger partial charge in [-0.15, -0.1) is 11.3 Å². The van der Waals surface area contributed by atoms with Crippen molar-refractivity contribution in [1.82, 2.24) is 10.9 Å². The van der Waals surface area contributed by atoms with Gasteiger partial charge in [0.1, 0.15) is 0 Å². The highest BCUT2D eigenvalue weighted by Gasteiger charge is 2.16. The van der Waals surface area contributed by atoms with Crippen LogP contribution in [0.4, 0.5) is 11.4 Å². The molecule has 3 amide bonds. The zero-order valence-corrected chi connectivity index (χ0v) is 15.6. The Balaban J connectivity index is 1.68. The maximum Gasteiger partial charge on any atom is 0.271 e. The lowest BCUT2D eigenvalue weighted by atomic mass is 10.1. The molecule has 3 aromatic rings. The number of hydrazine groups is 1. The van der Waals surface area contributed by atoms with Gasteiger partial charge in [0, 0.05) is 17.7 Å². The minimum atomic E-state index is -0.720. The summed E-state index contributed by atoms with van der Waals surface area (Å²) in [5, 5.41) is 15.2. The first-order valence-electron chi connectivity index (χ1n) is 8.25. The molecule has 0 aliphatic heterocycles. The van der Waals surface area contributed by atoms with Crippen molar-refractivity contribution in [1.29, 1.82) is 0 Å². The maximum atomic E-state index is 12.5. The van der Waals surface area contributed by atoms with Crippen LogP contribution < -0.4 is 16.2 Å². The van der Waals surface area contributed by atoms with Crippen molar-refractivity contribution in [3.8, 4) is 0 Å². The van der Waals surface area contributed by atoms with Crippen molar-refractivity contribution >= 4 is 40.4 Å². The number of nitrogens with one attached hydrogen (secondary N) is 3. The Morgan fingerprint density at radius 3 is 2.34 bits per heavy atom. The Morgan fingerprint density at radius 2 is 1.62 bits per heavy atom. The number of non-ortho nitro benzene ring substituents is 1. The van der Waals surface area contributed by atoms with Crippen LogP contribution in [-0.4, -0.2) is 22.6 Å². The van der Waals surface area contributed by atoms with Crippen LogP contribution in [-0.2, 0) is 0 Å². The highest BCUT2D eigenvalue weighted by molar-refractivity contribution is 7.12. The second kappa shape index (κ2) is 8.76. The number of carbonyl (C=O) groups excluding carboxylic acids is 3. The minimum absolute atomic E-state index is 0.0128. The van der Waals surface area contributed by atoms with Crippen molar-refractivity contribution in [2.45, 2.75) is 0 Å². The number of nitro benzene ring substituents is 1. The molecule has 1 heterocycles. The summed E-state index contributed by atoms with van der Waals surface area (Å²) in [4.78, 5) is 47.5. The van der Waals surface area contributed by atoms with Gasteiger partial charge in [-0.25, -0.2) is 0 Å². The molecule has 3 N–H and O–H groups in total. The first-order chi connectivity index (χ1) is 14.0. The van der Waals surface area contributed by atoms with Gasteiger partial charge in [0.25, 0.3) is 23.4 Å². The number of hydrogen-bond acceptors (Lipinski definition) is 6. The van der Waals surface area contributed by atoms with Gasteiger partial charge < -0.3 is 5.32 Å². The van der Waals surface area contributed by atoms with Crippen molar-refractivity contribution < 1.29 is 19.3 Å². The molecule has 3 rings (SSSR count). The Bertz CT molecular complexity index is 1080. The van der Waals surface area contributed by atoms with Gasteiger partial charge in [-0.1, -0.05) is 24.3 Å². The van der Waals surface area contributed by atoms with E-state index in [1.165, 1.54) is 35.6 Å². The van der Waals surface area contributed by atoms with Gasteiger partial charge in [0.05, 0.1) is 21.1 Å². The van der Waals surface area contributed by atoms with E-state index in [0.717, 1.165) is 6.07 Å². The highest BCUT2D eigenvalue weighted by atomic mass is 32.1. The van der Waals surface area contributed by atoms with Crippen LogP contribution in [0, 0.1) is 10.1 Å². The average molecular weight is 410 g/mol. The van der Waals surface area contributed by atoms with Crippen LogP contribution in [0.2, 0.25) is 0 Å². The zero-order chi connectivity index (χ0) is 20.8. The normalized spacial score (nSPS) is 10.1. The van der Waals surface area contributed by atoms with E-state index in [2.05, 4.69) is 16.2 Å². The molecule has 0 radical (unpaired) electrons. The summed E-state index contributed by atoms with van der Waals surface area (Å²) >= 11 is 1.26. The fraction of sp³-hybridized carbons (Fsp3) is 0. The first kappa shape index (κ1) is 19.7. The summed E-state index contributed by atoms with van der Waals surface area (Å²) in [6.45, 7) is 0. The van der Waals surface area contributed by atoms with E-state index < -0.39 is 16.7 Å². The summed E-state index contributed by atoms with van der Waals surface area (Å²) in [6, 6.07) is 14.8. The molecule has 0 fully saturated rings. The Labute approximate surface area is 168 Å². The minimum Gasteiger partial charge on any atom is -0.321 e. The fourth-order valence-corrected chi connectivity index (χ4v) is 3.01. The third-order valence-electron chi connectivity index (χ3n) is 3.77. The number of para-hydroxylation sites is 1. The van der Waals surface area contributed by atoms with Crippen LogP contribution in [0.15, 0.2) is 66.0 Å². The number of benzene rings is 2. The lowest BCUT2D eigenvalue weighted by Gasteiger charge is -2.11. The van der Waals surface area contributed by atoms with Gasteiger partial charge in [0.15, 0.2) is 0 Å². The predicted octanol–water partition coefficient (Wildman–Crippen LogP) is 2.98.